The van der Waals surface area contributed by atoms with Gasteiger partial charge in [-0.05, 0) is 42.8 Å². The lowest BCUT2D eigenvalue weighted by molar-refractivity contribution is 0.318. The van der Waals surface area contributed by atoms with Gasteiger partial charge in [0.15, 0.2) is 11.5 Å². The summed E-state index contributed by atoms with van der Waals surface area (Å²) < 4.78 is 6.39. The molecule has 0 bridgehead atoms. The van der Waals surface area contributed by atoms with E-state index >= 15 is 0 Å². The Morgan fingerprint density at radius 1 is 1.28 bits per heavy atom. The van der Waals surface area contributed by atoms with Crippen LogP contribution in [-0.4, -0.2) is 22.9 Å². The van der Waals surface area contributed by atoms with Crippen molar-refractivity contribution in [3.05, 3.63) is 57.9 Å². The molecule has 7 heteroatoms. The number of aromatic nitrogens is 1. The van der Waals surface area contributed by atoms with Crippen LogP contribution in [0.5, 0.6) is 11.5 Å². The summed E-state index contributed by atoms with van der Waals surface area (Å²) in [7, 11) is 0. The van der Waals surface area contributed by atoms with Crippen LogP contribution in [0.4, 0.5) is 5.13 Å². The minimum Gasteiger partial charge on any atom is -0.504 e. The number of hydrazone groups is 1. The molecule has 5 nitrogen and oxygen atoms in total. The standard InChI is InChI=1S/C18H16BrN3O2S/c1-2-24-17-9-12(3-8-16(17)23)10-20-22-18-21-15(11-25-18)13-4-6-14(19)7-5-13/h3-11,23H,2H2,1H3,(H,21,22)/b20-10+. The second-order valence-corrected chi connectivity index (χ2v) is 6.85. The summed E-state index contributed by atoms with van der Waals surface area (Å²) in [6, 6.07) is 13.1. The van der Waals surface area contributed by atoms with Gasteiger partial charge in [0.1, 0.15) is 0 Å². The largest absolute Gasteiger partial charge is 0.504 e. The molecule has 0 saturated heterocycles. The van der Waals surface area contributed by atoms with E-state index in [1.54, 1.807) is 24.4 Å². The molecular formula is C18H16BrN3O2S. The number of anilines is 1. The number of benzene rings is 2. The lowest BCUT2D eigenvalue weighted by atomic mass is 10.2. The summed E-state index contributed by atoms with van der Waals surface area (Å²) in [5, 5.41) is 16.6. The number of hydrogen-bond donors (Lipinski definition) is 2. The fraction of sp³-hybridized carbons (Fsp3) is 0.111. The van der Waals surface area contributed by atoms with Gasteiger partial charge in [-0.25, -0.2) is 4.98 Å². The zero-order valence-electron chi connectivity index (χ0n) is 13.4. The van der Waals surface area contributed by atoms with Gasteiger partial charge in [-0.15, -0.1) is 11.3 Å². The van der Waals surface area contributed by atoms with Gasteiger partial charge < -0.3 is 9.84 Å². The first-order valence-corrected chi connectivity index (χ1v) is 9.29. The average Bonchev–Trinajstić information content (AvgIpc) is 3.07. The van der Waals surface area contributed by atoms with E-state index in [9.17, 15) is 5.11 Å². The molecule has 1 aromatic heterocycles. The Morgan fingerprint density at radius 3 is 2.84 bits per heavy atom. The van der Waals surface area contributed by atoms with Crippen LogP contribution in [0.25, 0.3) is 11.3 Å². The molecule has 2 N–H and O–H groups in total. The second-order valence-electron chi connectivity index (χ2n) is 5.07. The van der Waals surface area contributed by atoms with Gasteiger partial charge >= 0.3 is 0 Å². The summed E-state index contributed by atoms with van der Waals surface area (Å²) >= 11 is 4.91. The summed E-state index contributed by atoms with van der Waals surface area (Å²) in [4.78, 5) is 4.52. The molecule has 0 aliphatic carbocycles. The molecule has 128 valence electrons. The van der Waals surface area contributed by atoms with Crippen LogP contribution in [0.1, 0.15) is 12.5 Å². The molecule has 25 heavy (non-hydrogen) atoms. The number of nitrogens with one attached hydrogen (secondary N) is 1. The van der Waals surface area contributed by atoms with Crippen LogP contribution in [0.3, 0.4) is 0 Å². The normalized spacial score (nSPS) is 11.0. The predicted molar refractivity (Wildman–Crippen MR) is 106 cm³/mol. The molecule has 0 spiro atoms. The van der Waals surface area contributed by atoms with Gasteiger partial charge in [-0.1, -0.05) is 28.1 Å². The highest BCUT2D eigenvalue weighted by molar-refractivity contribution is 9.10. The molecule has 0 amide bonds. The van der Waals surface area contributed by atoms with Crippen molar-refractivity contribution in [1.82, 2.24) is 4.98 Å². The maximum absolute atomic E-state index is 9.70. The monoisotopic (exact) mass is 417 g/mol. The Morgan fingerprint density at radius 2 is 2.08 bits per heavy atom. The van der Waals surface area contributed by atoms with Crippen LogP contribution in [0, 0.1) is 0 Å². The first-order chi connectivity index (χ1) is 12.2. The Labute approximate surface area is 158 Å². The van der Waals surface area contributed by atoms with E-state index in [1.807, 2.05) is 36.6 Å². The highest BCUT2D eigenvalue weighted by atomic mass is 79.9. The molecule has 0 fully saturated rings. The van der Waals surface area contributed by atoms with Crippen molar-refractivity contribution in [2.45, 2.75) is 6.92 Å². The van der Waals surface area contributed by atoms with E-state index in [2.05, 4.69) is 31.4 Å². The quantitative estimate of drug-likeness (QED) is 0.431. The SMILES string of the molecule is CCOc1cc(/C=N/Nc2nc(-c3ccc(Br)cc3)cs2)ccc1O. The fourth-order valence-corrected chi connectivity index (χ4v) is 3.06. The fourth-order valence-electron chi connectivity index (χ4n) is 2.12. The number of aromatic hydroxyl groups is 1. The van der Waals surface area contributed by atoms with E-state index < -0.39 is 0 Å². The van der Waals surface area contributed by atoms with Crippen LogP contribution in [0.2, 0.25) is 0 Å². The van der Waals surface area contributed by atoms with Crippen LogP contribution < -0.4 is 10.2 Å². The molecule has 0 radical (unpaired) electrons. The number of phenols is 1. The maximum Gasteiger partial charge on any atom is 0.203 e. The minimum absolute atomic E-state index is 0.117. The summed E-state index contributed by atoms with van der Waals surface area (Å²) in [6.45, 7) is 2.36. The molecule has 1 heterocycles. The molecule has 0 aliphatic heterocycles. The number of halogens is 1. The number of thiazole rings is 1. The first-order valence-electron chi connectivity index (χ1n) is 7.62. The Kier molecular flexibility index (Phi) is 5.67. The van der Waals surface area contributed by atoms with Gasteiger partial charge in [0.2, 0.25) is 5.13 Å². The third-order valence-corrected chi connectivity index (χ3v) is 4.58. The first kappa shape index (κ1) is 17.4. The number of hydrogen-bond acceptors (Lipinski definition) is 6. The minimum atomic E-state index is 0.117. The molecule has 0 atom stereocenters. The van der Waals surface area contributed by atoms with E-state index in [0.29, 0.717) is 17.5 Å². The molecule has 0 saturated carbocycles. The van der Waals surface area contributed by atoms with E-state index in [0.717, 1.165) is 21.3 Å². The zero-order valence-corrected chi connectivity index (χ0v) is 15.8. The van der Waals surface area contributed by atoms with Gasteiger partial charge in [0.05, 0.1) is 18.5 Å². The van der Waals surface area contributed by atoms with Crippen molar-refractivity contribution in [2.75, 3.05) is 12.0 Å². The second kappa shape index (κ2) is 8.13. The van der Waals surface area contributed by atoms with Crippen LogP contribution in [-0.2, 0) is 0 Å². The summed E-state index contributed by atoms with van der Waals surface area (Å²) in [5.41, 5.74) is 5.70. The van der Waals surface area contributed by atoms with Gasteiger partial charge in [0.25, 0.3) is 0 Å². The van der Waals surface area contributed by atoms with E-state index in [4.69, 9.17) is 4.74 Å². The molecule has 0 unspecified atom stereocenters. The van der Waals surface area contributed by atoms with E-state index in [1.165, 1.54) is 11.3 Å². The lowest BCUT2D eigenvalue weighted by Crippen LogP contribution is -1.94. The third kappa shape index (κ3) is 4.58. The van der Waals surface area contributed by atoms with Crippen molar-refractivity contribution in [1.29, 1.82) is 0 Å². The number of nitrogens with zero attached hydrogens (tertiary/aromatic N) is 2. The van der Waals surface area contributed by atoms with Crippen LogP contribution >= 0.6 is 27.3 Å². The zero-order chi connectivity index (χ0) is 17.6. The molecule has 0 aliphatic rings. The smallest absolute Gasteiger partial charge is 0.203 e. The topological polar surface area (TPSA) is 66.7 Å². The number of rotatable bonds is 6. The van der Waals surface area contributed by atoms with Gasteiger partial charge in [-0.2, -0.15) is 5.10 Å². The average molecular weight is 418 g/mol. The lowest BCUT2D eigenvalue weighted by Gasteiger charge is -2.05. The number of phenolic OH excluding ortho intramolecular Hbond substituents is 1. The summed E-state index contributed by atoms with van der Waals surface area (Å²) in [5.74, 6) is 0.559. The molecular weight excluding hydrogens is 402 g/mol. The van der Waals surface area contributed by atoms with Crippen LogP contribution in [0.15, 0.2) is 57.4 Å². The maximum atomic E-state index is 9.70. The van der Waals surface area contributed by atoms with Crippen molar-refractivity contribution in [3.63, 3.8) is 0 Å². The molecule has 2 aromatic carbocycles. The Balaban J connectivity index is 1.67. The Hall–Kier alpha value is -2.38. The van der Waals surface area contributed by atoms with Gasteiger partial charge in [-0.3, -0.25) is 5.43 Å². The van der Waals surface area contributed by atoms with Crippen molar-refractivity contribution < 1.29 is 9.84 Å². The van der Waals surface area contributed by atoms with Crippen molar-refractivity contribution in [3.8, 4) is 22.8 Å². The van der Waals surface area contributed by atoms with E-state index in [-0.39, 0.29) is 5.75 Å². The van der Waals surface area contributed by atoms with Gasteiger partial charge in [0, 0.05) is 15.4 Å². The third-order valence-electron chi connectivity index (χ3n) is 3.30. The predicted octanol–water partition coefficient (Wildman–Crippen LogP) is 5.12. The number of ether oxygens (including phenoxy) is 1. The summed E-state index contributed by atoms with van der Waals surface area (Å²) in [6.07, 6.45) is 1.66. The highest BCUT2D eigenvalue weighted by Gasteiger charge is 2.04. The van der Waals surface area contributed by atoms with Crippen molar-refractivity contribution >= 4 is 38.6 Å². The molecule has 3 rings (SSSR count). The molecule has 3 aromatic rings. The highest BCUT2D eigenvalue weighted by Crippen LogP contribution is 2.27. The Bertz CT molecular complexity index is 878. The van der Waals surface area contributed by atoms with Crippen molar-refractivity contribution in [2.24, 2.45) is 5.10 Å².